The lowest BCUT2D eigenvalue weighted by Gasteiger charge is -2.07. The van der Waals surface area contributed by atoms with Gasteiger partial charge in [-0.25, -0.2) is 13.1 Å². The zero-order valence-corrected chi connectivity index (χ0v) is 10.8. The Hall–Kier alpha value is -1.67. The van der Waals surface area contributed by atoms with Crippen molar-refractivity contribution in [2.24, 2.45) is 0 Å². The number of nitrogen functional groups attached to an aromatic ring is 1. The molecule has 1 aromatic heterocycles. The standard InChI is InChI=1S/C10H16N4O3S/c1-18(16,17)14-5-2-4-13-10(15)8-7-12-6-3-9(8)11/h3,6-7,14H,2,4-5H2,1H3,(H2,11,12)(H,13,15). The third-order valence-electron chi connectivity index (χ3n) is 2.10. The van der Waals surface area contributed by atoms with Gasteiger partial charge in [0.25, 0.3) is 5.91 Å². The molecule has 0 spiro atoms. The number of pyridine rings is 1. The van der Waals surface area contributed by atoms with Crippen molar-refractivity contribution in [1.29, 1.82) is 0 Å². The lowest BCUT2D eigenvalue weighted by atomic mass is 10.2. The SMILES string of the molecule is CS(=O)(=O)NCCCNC(=O)c1cnccc1N. The Morgan fingerprint density at radius 2 is 2.17 bits per heavy atom. The number of nitrogens with two attached hydrogens (primary N) is 1. The van der Waals surface area contributed by atoms with Crippen molar-refractivity contribution >= 4 is 21.6 Å². The number of anilines is 1. The van der Waals surface area contributed by atoms with Gasteiger partial charge in [0.15, 0.2) is 0 Å². The van der Waals surface area contributed by atoms with Gasteiger partial charge in [0, 0.05) is 31.2 Å². The van der Waals surface area contributed by atoms with Gasteiger partial charge < -0.3 is 11.1 Å². The van der Waals surface area contributed by atoms with Crippen LogP contribution in [0, 0.1) is 0 Å². The molecular weight excluding hydrogens is 256 g/mol. The second-order valence-electron chi connectivity index (χ2n) is 3.74. The zero-order valence-electron chi connectivity index (χ0n) is 10.0. The molecule has 0 aliphatic heterocycles. The summed E-state index contributed by atoms with van der Waals surface area (Å²) in [4.78, 5) is 15.5. The average Bonchev–Trinajstić information content (AvgIpc) is 2.27. The molecule has 0 aromatic carbocycles. The maximum atomic E-state index is 11.7. The fourth-order valence-corrected chi connectivity index (χ4v) is 1.75. The third kappa shape index (κ3) is 5.11. The van der Waals surface area contributed by atoms with E-state index in [4.69, 9.17) is 5.73 Å². The van der Waals surface area contributed by atoms with Crippen LogP contribution in [0.4, 0.5) is 5.69 Å². The topological polar surface area (TPSA) is 114 Å². The number of amides is 1. The second-order valence-corrected chi connectivity index (χ2v) is 5.57. The maximum absolute atomic E-state index is 11.7. The molecule has 8 heteroatoms. The summed E-state index contributed by atoms with van der Waals surface area (Å²) in [6.45, 7) is 0.636. The van der Waals surface area contributed by atoms with E-state index >= 15 is 0 Å². The Balaban J connectivity index is 2.33. The summed E-state index contributed by atoms with van der Waals surface area (Å²) in [5, 5.41) is 2.63. The van der Waals surface area contributed by atoms with Crippen molar-refractivity contribution in [3.8, 4) is 0 Å². The average molecular weight is 272 g/mol. The molecule has 1 heterocycles. The van der Waals surface area contributed by atoms with Gasteiger partial charge in [0.05, 0.1) is 11.8 Å². The Kier molecular flexibility index (Phi) is 5.05. The van der Waals surface area contributed by atoms with Crippen molar-refractivity contribution in [2.75, 3.05) is 25.1 Å². The highest BCUT2D eigenvalue weighted by molar-refractivity contribution is 7.88. The van der Waals surface area contributed by atoms with Crippen LogP contribution in [0.3, 0.4) is 0 Å². The molecule has 0 saturated heterocycles. The van der Waals surface area contributed by atoms with Crippen LogP contribution in [0.2, 0.25) is 0 Å². The highest BCUT2D eigenvalue weighted by atomic mass is 32.2. The number of carbonyl (C=O) groups excluding carboxylic acids is 1. The summed E-state index contributed by atoms with van der Waals surface area (Å²) in [6, 6.07) is 1.54. The molecule has 0 atom stereocenters. The number of carbonyl (C=O) groups is 1. The fourth-order valence-electron chi connectivity index (χ4n) is 1.24. The van der Waals surface area contributed by atoms with E-state index in [0.29, 0.717) is 24.2 Å². The zero-order chi connectivity index (χ0) is 13.6. The van der Waals surface area contributed by atoms with E-state index in [1.807, 2.05) is 0 Å². The van der Waals surface area contributed by atoms with E-state index in [1.165, 1.54) is 12.4 Å². The van der Waals surface area contributed by atoms with Crippen LogP contribution in [-0.4, -0.2) is 38.7 Å². The quantitative estimate of drug-likeness (QED) is 0.594. The smallest absolute Gasteiger partial charge is 0.254 e. The second kappa shape index (κ2) is 6.31. The summed E-state index contributed by atoms with van der Waals surface area (Å²) in [6.07, 6.45) is 4.47. The van der Waals surface area contributed by atoms with E-state index in [-0.39, 0.29) is 12.5 Å². The number of aromatic nitrogens is 1. The summed E-state index contributed by atoms with van der Waals surface area (Å²) >= 11 is 0. The Bertz CT molecular complexity index is 516. The van der Waals surface area contributed by atoms with Crippen LogP contribution in [0.25, 0.3) is 0 Å². The van der Waals surface area contributed by atoms with Crippen molar-refractivity contribution in [3.63, 3.8) is 0 Å². The molecule has 4 N–H and O–H groups in total. The predicted octanol–water partition coefficient (Wildman–Crippen LogP) is -0.667. The van der Waals surface area contributed by atoms with Gasteiger partial charge in [-0.3, -0.25) is 9.78 Å². The van der Waals surface area contributed by atoms with E-state index in [2.05, 4.69) is 15.0 Å². The monoisotopic (exact) mass is 272 g/mol. The normalized spacial score (nSPS) is 11.2. The molecule has 1 amide bonds. The lowest BCUT2D eigenvalue weighted by Crippen LogP contribution is -2.29. The highest BCUT2D eigenvalue weighted by Crippen LogP contribution is 2.07. The third-order valence-corrected chi connectivity index (χ3v) is 2.83. The van der Waals surface area contributed by atoms with Gasteiger partial charge in [-0.15, -0.1) is 0 Å². The van der Waals surface area contributed by atoms with Crippen molar-refractivity contribution in [3.05, 3.63) is 24.0 Å². The Morgan fingerprint density at radius 1 is 1.44 bits per heavy atom. The van der Waals surface area contributed by atoms with Crippen molar-refractivity contribution in [1.82, 2.24) is 15.0 Å². The largest absolute Gasteiger partial charge is 0.398 e. The molecule has 0 fully saturated rings. The molecule has 0 bridgehead atoms. The Labute approximate surface area is 106 Å². The van der Waals surface area contributed by atoms with Crippen LogP contribution in [-0.2, 0) is 10.0 Å². The molecule has 18 heavy (non-hydrogen) atoms. The molecule has 7 nitrogen and oxygen atoms in total. The summed E-state index contributed by atoms with van der Waals surface area (Å²) in [7, 11) is -3.18. The van der Waals surface area contributed by atoms with Gasteiger partial charge in [-0.2, -0.15) is 0 Å². The number of hydrogen-bond donors (Lipinski definition) is 3. The van der Waals surface area contributed by atoms with Crippen LogP contribution in [0.15, 0.2) is 18.5 Å². The number of nitrogens with one attached hydrogen (secondary N) is 2. The number of sulfonamides is 1. The molecule has 1 rings (SSSR count). The Morgan fingerprint density at radius 3 is 2.78 bits per heavy atom. The van der Waals surface area contributed by atoms with Crippen molar-refractivity contribution in [2.45, 2.75) is 6.42 Å². The molecule has 0 aliphatic rings. The van der Waals surface area contributed by atoms with Gasteiger partial charge >= 0.3 is 0 Å². The summed E-state index contributed by atoms with van der Waals surface area (Å²) in [5.41, 5.74) is 6.29. The van der Waals surface area contributed by atoms with E-state index in [9.17, 15) is 13.2 Å². The number of rotatable bonds is 6. The van der Waals surface area contributed by atoms with Crippen LogP contribution < -0.4 is 15.8 Å². The molecule has 0 saturated carbocycles. The van der Waals surface area contributed by atoms with E-state index < -0.39 is 10.0 Å². The first-order valence-electron chi connectivity index (χ1n) is 5.32. The minimum atomic E-state index is -3.18. The first-order chi connectivity index (χ1) is 8.40. The maximum Gasteiger partial charge on any atom is 0.254 e. The van der Waals surface area contributed by atoms with Crippen molar-refractivity contribution < 1.29 is 13.2 Å². The molecule has 0 aliphatic carbocycles. The van der Waals surface area contributed by atoms with Crippen LogP contribution in [0.1, 0.15) is 16.8 Å². The predicted molar refractivity (Wildman–Crippen MR) is 68.4 cm³/mol. The number of hydrogen-bond acceptors (Lipinski definition) is 5. The van der Waals surface area contributed by atoms with E-state index in [1.54, 1.807) is 6.07 Å². The first-order valence-corrected chi connectivity index (χ1v) is 7.21. The van der Waals surface area contributed by atoms with Crippen LogP contribution in [0.5, 0.6) is 0 Å². The van der Waals surface area contributed by atoms with Gasteiger partial charge in [-0.1, -0.05) is 0 Å². The fraction of sp³-hybridized carbons (Fsp3) is 0.400. The summed E-state index contributed by atoms with van der Waals surface area (Å²) in [5.74, 6) is -0.319. The van der Waals surface area contributed by atoms with Gasteiger partial charge in [-0.05, 0) is 12.5 Å². The molecule has 100 valence electrons. The van der Waals surface area contributed by atoms with Gasteiger partial charge in [0.2, 0.25) is 10.0 Å². The molecular formula is C10H16N4O3S. The molecule has 1 aromatic rings. The summed E-state index contributed by atoms with van der Waals surface area (Å²) < 4.78 is 23.9. The van der Waals surface area contributed by atoms with Gasteiger partial charge in [0.1, 0.15) is 0 Å². The molecule has 0 unspecified atom stereocenters. The highest BCUT2D eigenvalue weighted by Gasteiger charge is 2.08. The van der Waals surface area contributed by atoms with Crippen LogP contribution >= 0.6 is 0 Å². The number of nitrogens with zero attached hydrogens (tertiary/aromatic N) is 1. The first kappa shape index (κ1) is 14.4. The molecule has 0 radical (unpaired) electrons. The minimum absolute atomic E-state index is 0.279. The minimum Gasteiger partial charge on any atom is -0.398 e. The lowest BCUT2D eigenvalue weighted by molar-refractivity contribution is 0.0954. The van der Waals surface area contributed by atoms with E-state index in [0.717, 1.165) is 6.26 Å².